The highest BCUT2D eigenvalue weighted by Crippen LogP contribution is 2.38. The standard InChI is InChI=1S/C25H23ClN6O4S/c1-34-21-8-15(9-22(35-2)23(21)36-3)11-31-12-18(29-30-31)10-27-24(33)20-14-37-25-28-19(13-32(20)25)16-4-6-17(26)7-5-16/h4-9,12-14H,10-11H2,1-3H3,(H,27,33). The van der Waals surface area contributed by atoms with Crippen molar-refractivity contribution in [3.05, 3.63) is 76.1 Å². The largest absolute Gasteiger partial charge is 0.493 e. The van der Waals surface area contributed by atoms with E-state index in [9.17, 15) is 4.79 Å². The van der Waals surface area contributed by atoms with Crippen LogP contribution in [-0.2, 0) is 13.1 Å². The fourth-order valence-corrected chi connectivity index (χ4v) is 4.86. The number of ether oxygens (including phenoxy) is 3. The molecule has 0 bridgehead atoms. The zero-order valence-corrected chi connectivity index (χ0v) is 21.8. The summed E-state index contributed by atoms with van der Waals surface area (Å²) in [6, 6.07) is 11.1. The maximum absolute atomic E-state index is 12.9. The second-order valence-corrected chi connectivity index (χ2v) is 9.30. The number of fused-ring (bicyclic) bond motifs is 1. The van der Waals surface area contributed by atoms with E-state index < -0.39 is 0 Å². The molecule has 3 heterocycles. The Kier molecular flexibility index (Phi) is 6.97. The van der Waals surface area contributed by atoms with E-state index in [-0.39, 0.29) is 12.5 Å². The van der Waals surface area contributed by atoms with Gasteiger partial charge >= 0.3 is 0 Å². The van der Waals surface area contributed by atoms with Gasteiger partial charge in [0.25, 0.3) is 5.91 Å². The summed E-state index contributed by atoms with van der Waals surface area (Å²) in [5, 5.41) is 13.7. The summed E-state index contributed by atoms with van der Waals surface area (Å²) in [6.07, 6.45) is 3.63. The van der Waals surface area contributed by atoms with Gasteiger partial charge in [0, 0.05) is 22.2 Å². The number of nitrogens with one attached hydrogen (secondary N) is 1. The van der Waals surface area contributed by atoms with E-state index in [0.29, 0.717) is 40.2 Å². The van der Waals surface area contributed by atoms with E-state index in [1.165, 1.54) is 11.3 Å². The average molecular weight is 539 g/mol. The van der Waals surface area contributed by atoms with Gasteiger partial charge in [-0.1, -0.05) is 28.9 Å². The molecule has 0 spiro atoms. The number of nitrogens with zero attached hydrogens (tertiary/aromatic N) is 5. The van der Waals surface area contributed by atoms with Gasteiger partial charge in [-0.15, -0.1) is 16.4 Å². The molecule has 0 atom stereocenters. The Morgan fingerprint density at radius 3 is 2.46 bits per heavy atom. The van der Waals surface area contributed by atoms with Crippen LogP contribution in [0.25, 0.3) is 16.2 Å². The third-order valence-corrected chi connectivity index (χ3v) is 6.76. The molecule has 37 heavy (non-hydrogen) atoms. The van der Waals surface area contributed by atoms with Crippen molar-refractivity contribution in [1.29, 1.82) is 0 Å². The summed E-state index contributed by atoms with van der Waals surface area (Å²) >= 11 is 7.38. The molecule has 12 heteroatoms. The van der Waals surface area contributed by atoms with Crippen molar-refractivity contribution in [1.82, 2.24) is 29.7 Å². The molecule has 0 saturated heterocycles. The molecular weight excluding hydrogens is 516 g/mol. The number of hydrogen-bond acceptors (Lipinski definition) is 8. The smallest absolute Gasteiger partial charge is 0.269 e. The molecule has 0 unspecified atom stereocenters. The van der Waals surface area contributed by atoms with E-state index in [1.54, 1.807) is 42.0 Å². The fraction of sp³-hybridized carbons (Fsp3) is 0.200. The Labute approximate surface area is 221 Å². The number of rotatable bonds is 9. The predicted octanol–water partition coefficient (Wildman–Crippen LogP) is 4.31. The van der Waals surface area contributed by atoms with Crippen molar-refractivity contribution in [2.75, 3.05) is 21.3 Å². The first-order valence-corrected chi connectivity index (χ1v) is 12.4. The molecule has 3 aromatic heterocycles. The minimum atomic E-state index is -0.231. The number of carbonyl (C=O) groups is 1. The molecule has 5 rings (SSSR count). The lowest BCUT2D eigenvalue weighted by atomic mass is 10.2. The Bertz CT molecular complexity index is 1530. The highest BCUT2D eigenvalue weighted by atomic mass is 35.5. The molecule has 0 aliphatic carbocycles. The lowest BCUT2D eigenvalue weighted by Gasteiger charge is -2.14. The maximum atomic E-state index is 12.9. The van der Waals surface area contributed by atoms with Crippen LogP contribution < -0.4 is 19.5 Å². The van der Waals surface area contributed by atoms with Crippen LogP contribution in [0.1, 0.15) is 21.7 Å². The van der Waals surface area contributed by atoms with E-state index >= 15 is 0 Å². The molecule has 0 aliphatic rings. The predicted molar refractivity (Wildman–Crippen MR) is 140 cm³/mol. The third-order valence-electron chi connectivity index (χ3n) is 5.67. The van der Waals surface area contributed by atoms with Crippen molar-refractivity contribution in [2.24, 2.45) is 0 Å². The second kappa shape index (κ2) is 10.5. The normalized spacial score (nSPS) is 11.0. The SMILES string of the molecule is COc1cc(Cn2cc(CNC(=O)c3csc4nc(-c5ccc(Cl)cc5)cn34)nn2)cc(OC)c1OC. The Balaban J connectivity index is 1.26. The first-order chi connectivity index (χ1) is 18.0. The summed E-state index contributed by atoms with van der Waals surface area (Å²) in [7, 11) is 4.70. The van der Waals surface area contributed by atoms with E-state index in [0.717, 1.165) is 21.8 Å². The molecule has 0 radical (unpaired) electrons. The highest BCUT2D eigenvalue weighted by Gasteiger charge is 2.17. The van der Waals surface area contributed by atoms with Crippen LogP contribution in [0.5, 0.6) is 17.2 Å². The minimum Gasteiger partial charge on any atom is -0.493 e. The van der Waals surface area contributed by atoms with Gasteiger partial charge < -0.3 is 19.5 Å². The number of aromatic nitrogens is 5. The molecule has 190 valence electrons. The van der Waals surface area contributed by atoms with Gasteiger partial charge in [0.2, 0.25) is 5.75 Å². The van der Waals surface area contributed by atoms with Gasteiger partial charge in [-0.25, -0.2) is 9.67 Å². The summed E-state index contributed by atoms with van der Waals surface area (Å²) in [6.45, 7) is 0.662. The van der Waals surface area contributed by atoms with Crippen molar-refractivity contribution in [2.45, 2.75) is 13.1 Å². The Morgan fingerprint density at radius 1 is 1.05 bits per heavy atom. The maximum Gasteiger partial charge on any atom is 0.269 e. The zero-order chi connectivity index (χ0) is 25.9. The molecule has 0 saturated carbocycles. The fourth-order valence-electron chi connectivity index (χ4n) is 3.88. The van der Waals surface area contributed by atoms with Gasteiger partial charge in [0.15, 0.2) is 16.5 Å². The van der Waals surface area contributed by atoms with Crippen LogP contribution in [0.3, 0.4) is 0 Å². The number of methoxy groups -OCH3 is 3. The number of amides is 1. The number of hydrogen-bond donors (Lipinski definition) is 1. The van der Waals surface area contributed by atoms with Gasteiger partial charge in [-0.2, -0.15) is 0 Å². The Morgan fingerprint density at radius 2 is 1.78 bits per heavy atom. The quantitative estimate of drug-likeness (QED) is 0.298. The highest BCUT2D eigenvalue weighted by molar-refractivity contribution is 7.15. The van der Waals surface area contributed by atoms with Crippen molar-refractivity contribution >= 4 is 33.8 Å². The van der Waals surface area contributed by atoms with Crippen LogP contribution in [0.15, 0.2) is 54.2 Å². The molecule has 2 aromatic carbocycles. The van der Waals surface area contributed by atoms with Crippen LogP contribution >= 0.6 is 22.9 Å². The van der Waals surface area contributed by atoms with Crippen LogP contribution in [-0.4, -0.2) is 51.6 Å². The van der Waals surface area contributed by atoms with E-state index in [4.69, 9.17) is 25.8 Å². The van der Waals surface area contributed by atoms with Crippen LogP contribution in [0, 0.1) is 0 Å². The molecular formula is C25H23ClN6O4S. The second-order valence-electron chi connectivity index (χ2n) is 8.03. The number of thiazole rings is 1. The molecule has 1 amide bonds. The average Bonchev–Trinajstić information content (AvgIpc) is 3.63. The summed E-state index contributed by atoms with van der Waals surface area (Å²) in [5.74, 6) is 1.41. The van der Waals surface area contributed by atoms with Crippen molar-refractivity contribution < 1.29 is 19.0 Å². The molecule has 0 fully saturated rings. The van der Waals surface area contributed by atoms with Gasteiger partial charge in [0.05, 0.1) is 46.3 Å². The zero-order valence-electron chi connectivity index (χ0n) is 20.3. The lowest BCUT2D eigenvalue weighted by molar-refractivity contribution is 0.0945. The van der Waals surface area contributed by atoms with E-state index in [1.807, 2.05) is 42.6 Å². The lowest BCUT2D eigenvalue weighted by Crippen LogP contribution is -2.24. The van der Waals surface area contributed by atoms with Crippen LogP contribution in [0.2, 0.25) is 5.02 Å². The number of halogens is 1. The van der Waals surface area contributed by atoms with Crippen molar-refractivity contribution in [3.63, 3.8) is 0 Å². The molecule has 5 aromatic rings. The monoisotopic (exact) mass is 538 g/mol. The van der Waals surface area contributed by atoms with Crippen molar-refractivity contribution in [3.8, 4) is 28.5 Å². The van der Waals surface area contributed by atoms with Gasteiger partial charge in [-0.05, 0) is 29.8 Å². The molecule has 10 nitrogen and oxygen atoms in total. The summed E-state index contributed by atoms with van der Waals surface area (Å²) < 4.78 is 19.7. The van der Waals surface area contributed by atoms with Crippen LogP contribution in [0.4, 0.5) is 0 Å². The van der Waals surface area contributed by atoms with E-state index in [2.05, 4.69) is 20.6 Å². The molecule has 0 aliphatic heterocycles. The number of carbonyl (C=O) groups excluding carboxylic acids is 1. The summed E-state index contributed by atoms with van der Waals surface area (Å²) in [4.78, 5) is 18.3. The molecule has 1 N–H and O–H groups in total. The van der Waals surface area contributed by atoms with Gasteiger partial charge in [-0.3, -0.25) is 9.20 Å². The first-order valence-electron chi connectivity index (χ1n) is 11.2. The minimum absolute atomic E-state index is 0.226. The van der Waals surface area contributed by atoms with Gasteiger partial charge in [0.1, 0.15) is 11.4 Å². The Hall–Kier alpha value is -4.09. The topological polar surface area (TPSA) is 105 Å². The summed E-state index contributed by atoms with van der Waals surface area (Å²) in [5.41, 5.74) is 3.72. The third kappa shape index (κ3) is 5.09. The number of imidazole rings is 1. The first kappa shape index (κ1) is 24.6. The number of benzene rings is 2.